The van der Waals surface area contributed by atoms with E-state index in [0.29, 0.717) is 5.92 Å². The predicted molar refractivity (Wildman–Crippen MR) is 148 cm³/mol. The van der Waals surface area contributed by atoms with Gasteiger partial charge in [-0.15, -0.1) is 10.2 Å². The van der Waals surface area contributed by atoms with Crippen LogP contribution in [0.1, 0.15) is 58.1 Å². The van der Waals surface area contributed by atoms with Crippen molar-refractivity contribution in [2.45, 2.75) is 71.4 Å². The molecule has 39 heavy (non-hydrogen) atoms. The van der Waals surface area contributed by atoms with Crippen LogP contribution in [0, 0.1) is 24.2 Å². The van der Waals surface area contributed by atoms with Crippen molar-refractivity contribution in [3.63, 3.8) is 0 Å². The molecule has 0 bridgehead atoms. The number of aromatic hydroxyl groups is 1. The third-order valence-corrected chi connectivity index (χ3v) is 8.52. The van der Waals surface area contributed by atoms with Gasteiger partial charge < -0.3 is 14.9 Å². The Hall–Kier alpha value is -3.11. The molecule has 1 unspecified atom stereocenters. The second-order valence-electron chi connectivity index (χ2n) is 9.63. The molecule has 2 aromatic rings. The van der Waals surface area contributed by atoms with E-state index in [-0.39, 0.29) is 66.3 Å². The maximum atomic E-state index is 13.7. The first kappa shape index (κ1) is 32.1. The maximum Gasteiger partial charge on any atom is 0.281 e. The molecule has 1 aromatic heterocycles. The van der Waals surface area contributed by atoms with Crippen molar-refractivity contribution < 1.29 is 23.4 Å². The molecule has 0 aliphatic heterocycles. The zero-order valence-corrected chi connectivity index (χ0v) is 24.1. The number of ether oxygens (including phenoxy) is 1. The minimum atomic E-state index is -3.93. The van der Waals surface area contributed by atoms with E-state index < -0.39 is 21.5 Å². The Kier molecular flexibility index (Phi) is 12.3. The summed E-state index contributed by atoms with van der Waals surface area (Å²) in [5.41, 5.74) is -0.902. The smallest absolute Gasteiger partial charge is 0.281 e. The van der Waals surface area contributed by atoms with Gasteiger partial charge in [-0.25, -0.2) is 8.42 Å². The molecule has 0 aliphatic carbocycles. The van der Waals surface area contributed by atoms with Crippen LogP contribution in [0.3, 0.4) is 0 Å². The number of aliphatic hydroxyl groups is 1. The molecule has 2 rings (SSSR count). The largest absolute Gasteiger partial charge is 0.493 e. The molecule has 0 saturated carbocycles. The van der Waals surface area contributed by atoms with Gasteiger partial charge in [0.25, 0.3) is 5.56 Å². The quantitative estimate of drug-likeness (QED) is 0.241. The lowest BCUT2D eigenvalue weighted by molar-refractivity contribution is 0.0854. The standard InChI is InChI=1S/C27H39N5O6S/c1-6-32(20(4)11-9-10-19(2)3)39(36,37)24-13-8-7-12-23(24)29-30-25-21(5)22(18-28)26(34)31(27(25)35)14-16-38-17-15-33/h7-8,12-13,19-20,33-34H,6,9-11,14-17H2,1-5H3. The van der Waals surface area contributed by atoms with Gasteiger partial charge in [-0.05, 0) is 38.3 Å². The van der Waals surface area contributed by atoms with Crippen LogP contribution in [0.4, 0.5) is 11.4 Å². The summed E-state index contributed by atoms with van der Waals surface area (Å²) in [6.07, 6.45) is 2.64. The van der Waals surface area contributed by atoms with Crippen LogP contribution in [-0.4, -0.2) is 59.9 Å². The zero-order chi connectivity index (χ0) is 29.2. The zero-order valence-electron chi connectivity index (χ0n) is 23.3. The van der Waals surface area contributed by atoms with E-state index in [9.17, 15) is 23.6 Å². The maximum absolute atomic E-state index is 13.7. The molecule has 0 amide bonds. The van der Waals surface area contributed by atoms with Crippen LogP contribution in [0.15, 0.2) is 44.2 Å². The number of rotatable bonds is 15. The number of pyridine rings is 1. The molecule has 12 heteroatoms. The highest BCUT2D eigenvalue weighted by Crippen LogP contribution is 2.32. The van der Waals surface area contributed by atoms with Crippen molar-refractivity contribution in [1.29, 1.82) is 5.26 Å². The minimum Gasteiger partial charge on any atom is -0.493 e. The van der Waals surface area contributed by atoms with Gasteiger partial charge in [0.05, 0.1) is 26.4 Å². The summed E-state index contributed by atoms with van der Waals surface area (Å²) in [6.45, 7) is 9.45. The van der Waals surface area contributed by atoms with Crippen LogP contribution in [0.25, 0.3) is 0 Å². The average molecular weight is 562 g/mol. The number of benzene rings is 1. The molecular formula is C27H39N5O6S. The summed E-state index contributed by atoms with van der Waals surface area (Å²) in [5.74, 6) is 0.00662. The Morgan fingerprint density at radius 1 is 1.15 bits per heavy atom. The second-order valence-corrected chi connectivity index (χ2v) is 11.5. The van der Waals surface area contributed by atoms with E-state index in [1.807, 2.05) is 13.0 Å². The summed E-state index contributed by atoms with van der Waals surface area (Å²) in [7, 11) is -3.93. The summed E-state index contributed by atoms with van der Waals surface area (Å²) in [6, 6.07) is 7.82. The first-order valence-corrected chi connectivity index (χ1v) is 14.5. The van der Waals surface area contributed by atoms with Crippen LogP contribution in [0.5, 0.6) is 5.88 Å². The van der Waals surface area contributed by atoms with Crippen molar-refractivity contribution in [2.24, 2.45) is 16.1 Å². The normalized spacial score (nSPS) is 12.9. The molecule has 1 atom stereocenters. The Bertz CT molecular complexity index is 1350. The van der Waals surface area contributed by atoms with Crippen LogP contribution in [-0.2, 0) is 21.3 Å². The number of aliphatic hydroxyl groups excluding tert-OH is 1. The van der Waals surface area contributed by atoms with Crippen LogP contribution < -0.4 is 5.56 Å². The fourth-order valence-corrected chi connectivity index (χ4v) is 6.05. The second kappa shape index (κ2) is 14.9. The third kappa shape index (κ3) is 7.95. The molecular weight excluding hydrogens is 522 g/mol. The van der Waals surface area contributed by atoms with Gasteiger partial charge in [-0.1, -0.05) is 45.7 Å². The molecule has 0 aliphatic rings. The van der Waals surface area contributed by atoms with Gasteiger partial charge in [-0.2, -0.15) is 9.57 Å². The van der Waals surface area contributed by atoms with E-state index >= 15 is 0 Å². The van der Waals surface area contributed by atoms with E-state index in [1.165, 1.54) is 23.4 Å². The number of hydrogen-bond donors (Lipinski definition) is 2. The van der Waals surface area contributed by atoms with Crippen molar-refractivity contribution >= 4 is 21.4 Å². The minimum absolute atomic E-state index is 0.00181. The topological polar surface area (TPSA) is 158 Å². The predicted octanol–water partition coefficient (Wildman–Crippen LogP) is 4.38. The summed E-state index contributed by atoms with van der Waals surface area (Å²) >= 11 is 0. The SMILES string of the molecule is CCN(C(C)CCCC(C)C)S(=O)(=O)c1ccccc1N=Nc1c(C)c(C#N)c(O)n(CCOCCO)c1=O. The highest BCUT2D eigenvalue weighted by Gasteiger charge is 2.30. The van der Waals surface area contributed by atoms with E-state index in [4.69, 9.17) is 9.84 Å². The van der Waals surface area contributed by atoms with Gasteiger partial charge >= 0.3 is 0 Å². The monoisotopic (exact) mass is 561 g/mol. The number of sulfonamides is 1. The number of nitrogens with zero attached hydrogens (tertiary/aromatic N) is 5. The highest BCUT2D eigenvalue weighted by atomic mass is 32.2. The molecule has 0 spiro atoms. The van der Waals surface area contributed by atoms with Crippen molar-refractivity contribution in [3.8, 4) is 11.9 Å². The van der Waals surface area contributed by atoms with Crippen LogP contribution >= 0.6 is 0 Å². The molecule has 11 nitrogen and oxygen atoms in total. The van der Waals surface area contributed by atoms with Gasteiger partial charge in [0, 0.05) is 18.2 Å². The number of nitriles is 1. The molecule has 1 aromatic carbocycles. The molecule has 2 N–H and O–H groups in total. The molecule has 1 heterocycles. The first-order valence-electron chi connectivity index (χ1n) is 13.1. The van der Waals surface area contributed by atoms with E-state index in [0.717, 1.165) is 23.8 Å². The van der Waals surface area contributed by atoms with Crippen molar-refractivity contribution in [3.05, 3.63) is 45.7 Å². The summed E-state index contributed by atoms with van der Waals surface area (Å²) < 4.78 is 34.9. The van der Waals surface area contributed by atoms with Gasteiger partial charge in [0.15, 0.2) is 5.69 Å². The van der Waals surface area contributed by atoms with Crippen LogP contribution in [0.2, 0.25) is 0 Å². The lowest BCUT2D eigenvalue weighted by Gasteiger charge is -2.27. The lowest BCUT2D eigenvalue weighted by Crippen LogP contribution is -2.38. The van der Waals surface area contributed by atoms with E-state index in [2.05, 4.69) is 24.1 Å². The third-order valence-electron chi connectivity index (χ3n) is 6.38. The van der Waals surface area contributed by atoms with Gasteiger partial charge in [0.1, 0.15) is 22.2 Å². The Labute approximate surface area is 230 Å². The number of hydrogen-bond acceptors (Lipinski definition) is 9. The molecule has 0 radical (unpaired) electrons. The van der Waals surface area contributed by atoms with Crippen molar-refractivity contribution in [2.75, 3.05) is 26.4 Å². The van der Waals surface area contributed by atoms with Gasteiger partial charge in [-0.3, -0.25) is 9.36 Å². The summed E-state index contributed by atoms with van der Waals surface area (Å²) in [4.78, 5) is 13.1. The fourth-order valence-electron chi connectivity index (χ4n) is 4.26. The van der Waals surface area contributed by atoms with E-state index in [1.54, 1.807) is 19.1 Å². The molecule has 0 saturated heterocycles. The number of aromatic nitrogens is 1. The molecule has 0 fully saturated rings. The Balaban J connectivity index is 2.49. The highest BCUT2D eigenvalue weighted by molar-refractivity contribution is 7.89. The number of azo groups is 1. The fraction of sp³-hybridized carbons (Fsp3) is 0.556. The Morgan fingerprint density at radius 3 is 2.46 bits per heavy atom. The first-order chi connectivity index (χ1) is 18.5. The summed E-state index contributed by atoms with van der Waals surface area (Å²) in [5, 5.41) is 37.1. The molecule has 214 valence electrons. The van der Waals surface area contributed by atoms with Crippen molar-refractivity contribution in [1.82, 2.24) is 8.87 Å². The Morgan fingerprint density at radius 2 is 1.85 bits per heavy atom. The average Bonchev–Trinajstić information content (AvgIpc) is 2.88. The van der Waals surface area contributed by atoms with Gasteiger partial charge in [0.2, 0.25) is 15.9 Å². The lowest BCUT2D eigenvalue weighted by atomic mass is 10.0.